The van der Waals surface area contributed by atoms with E-state index in [1.807, 2.05) is 0 Å². The Labute approximate surface area is 178 Å². The second-order valence-corrected chi connectivity index (χ2v) is 10.0. The highest BCUT2D eigenvalue weighted by molar-refractivity contribution is 9.10. The molecule has 0 spiro atoms. The molecule has 3 rings (SSSR count). The molecule has 0 aromatic heterocycles. The lowest BCUT2D eigenvalue weighted by molar-refractivity contribution is 0.0733. The van der Waals surface area contributed by atoms with Crippen LogP contribution in [0.15, 0.2) is 45.8 Å². The molecule has 28 heavy (non-hydrogen) atoms. The lowest BCUT2D eigenvalue weighted by Crippen LogP contribution is -2.31. The summed E-state index contributed by atoms with van der Waals surface area (Å²) in [7, 11) is -3.55. The average Bonchev–Trinajstić information content (AvgIpc) is 2.94. The first-order chi connectivity index (χ1) is 13.3. The van der Waals surface area contributed by atoms with Crippen molar-refractivity contribution in [1.29, 1.82) is 0 Å². The predicted molar refractivity (Wildman–Crippen MR) is 113 cm³/mol. The Hall–Kier alpha value is -1.41. The molecular weight excluding hydrogens is 466 g/mol. The van der Waals surface area contributed by atoms with Crippen LogP contribution in [0.3, 0.4) is 0 Å². The lowest BCUT2D eigenvalue weighted by atomic mass is 10.2. The van der Waals surface area contributed by atoms with Crippen LogP contribution in [0.5, 0.6) is 5.75 Å². The third-order valence-electron chi connectivity index (χ3n) is 4.68. The van der Waals surface area contributed by atoms with Crippen LogP contribution in [0, 0.1) is 6.92 Å². The summed E-state index contributed by atoms with van der Waals surface area (Å²) >= 11 is 9.50. The molecule has 8 heteroatoms. The van der Waals surface area contributed by atoms with Crippen molar-refractivity contribution in [3.05, 3.63) is 57.0 Å². The molecule has 1 aliphatic heterocycles. The van der Waals surface area contributed by atoms with Gasteiger partial charge in [0, 0.05) is 17.6 Å². The molecule has 2 aromatic carbocycles. The van der Waals surface area contributed by atoms with Gasteiger partial charge in [-0.05, 0) is 61.7 Å². The van der Waals surface area contributed by atoms with Gasteiger partial charge >= 0.3 is 5.97 Å². The van der Waals surface area contributed by atoms with Gasteiger partial charge in [0.05, 0.1) is 15.5 Å². The van der Waals surface area contributed by atoms with E-state index in [0.717, 1.165) is 30.2 Å². The Morgan fingerprint density at radius 2 is 1.68 bits per heavy atom. The molecule has 0 radical (unpaired) electrons. The highest BCUT2D eigenvalue weighted by atomic mass is 79.9. The largest absolute Gasteiger partial charge is 0.421 e. The zero-order chi connectivity index (χ0) is 20.3. The van der Waals surface area contributed by atoms with Crippen molar-refractivity contribution in [2.24, 2.45) is 0 Å². The van der Waals surface area contributed by atoms with E-state index in [4.69, 9.17) is 16.3 Å². The van der Waals surface area contributed by atoms with Crippen molar-refractivity contribution < 1.29 is 17.9 Å². The summed E-state index contributed by atoms with van der Waals surface area (Å²) < 4.78 is 33.4. The number of halogens is 2. The van der Waals surface area contributed by atoms with Gasteiger partial charge in [-0.2, -0.15) is 4.31 Å². The number of carbonyl (C=O) groups excluding carboxylic acids is 1. The minimum absolute atomic E-state index is 0.184. The maximum atomic E-state index is 12.8. The third kappa shape index (κ3) is 4.76. The number of benzene rings is 2. The third-order valence-corrected chi connectivity index (χ3v) is 7.33. The van der Waals surface area contributed by atoms with E-state index in [1.165, 1.54) is 28.6 Å². The molecule has 1 fully saturated rings. The fourth-order valence-electron chi connectivity index (χ4n) is 3.16. The maximum Gasteiger partial charge on any atom is 0.343 e. The number of hydrogen-bond acceptors (Lipinski definition) is 4. The highest BCUT2D eigenvalue weighted by Crippen LogP contribution is 2.32. The van der Waals surface area contributed by atoms with Crippen LogP contribution >= 0.6 is 27.5 Å². The Bertz CT molecular complexity index is 945. The van der Waals surface area contributed by atoms with Gasteiger partial charge in [-0.25, -0.2) is 13.2 Å². The Morgan fingerprint density at radius 1 is 1.07 bits per heavy atom. The number of rotatable bonds is 4. The van der Waals surface area contributed by atoms with E-state index >= 15 is 0 Å². The van der Waals surface area contributed by atoms with Gasteiger partial charge in [0.25, 0.3) is 0 Å². The second kappa shape index (κ2) is 8.95. The van der Waals surface area contributed by atoms with E-state index in [9.17, 15) is 13.2 Å². The Morgan fingerprint density at radius 3 is 2.25 bits per heavy atom. The SMILES string of the molecule is Cc1cc(Br)cc(Cl)c1OC(=O)c1ccc(S(=O)(=O)N2CCCCCC2)cc1. The highest BCUT2D eigenvalue weighted by Gasteiger charge is 2.25. The first-order valence-corrected chi connectivity index (χ1v) is 11.7. The van der Waals surface area contributed by atoms with Gasteiger partial charge in [-0.1, -0.05) is 40.4 Å². The van der Waals surface area contributed by atoms with E-state index in [1.54, 1.807) is 19.1 Å². The van der Waals surface area contributed by atoms with Crippen LogP contribution in [0.2, 0.25) is 5.02 Å². The summed E-state index contributed by atoms with van der Waals surface area (Å²) in [4.78, 5) is 12.6. The van der Waals surface area contributed by atoms with Gasteiger partial charge in [0.1, 0.15) is 0 Å². The van der Waals surface area contributed by atoms with Crippen LogP contribution < -0.4 is 4.74 Å². The summed E-state index contributed by atoms with van der Waals surface area (Å²) in [6, 6.07) is 9.28. The van der Waals surface area contributed by atoms with E-state index in [2.05, 4.69) is 15.9 Å². The van der Waals surface area contributed by atoms with Crippen molar-refractivity contribution >= 4 is 43.5 Å². The summed E-state index contributed by atoms with van der Waals surface area (Å²) in [5.41, 5.74) is 0.973. The fourth-order valence-corrected chi connectivity index (χ4v) is 5.69. The van der Waals surface area contributed by atoms with Crippen LogP contribution in [0.4, 0.5) is 0 Å². The van der Waals surface area contributed by atoms with E-state index in [-0.39, 0.29) is 16.2 Å². The summed E-state index contributed by atoms with van der Waals surface area (Å²) in [5.74, 6) is -0.304. The van der Waals surface area contributed by atoms with Gasteiger partial charge < -0.3 is 4.74 Å². The monoisotopic (exact) mass is 485 g/mol. The van der Waals surface area contributed by atoms with Crippen LogP contribution in [-0.4, -0.2) is 31.8 Å². The molecule has 150 valence electrons. The average molecular weight is 487 g/mol. The number of sulfonamides is 1. The quantitative estimate of drug-likeness (QED) is 0.440. The zero-order valence-corrected chi connectivity index (χ0v) is 18.6. The number of aryl methyl sites for hydroxylation is 1. The van der Waals surface area contributed by atoms with E-state index in [0.29, 0.717) is 23.7 Å². The van der Waals surface area contributed by atoms with Crippen LogP contribution in [0.25, 0.3) is 0 Å². The van der Waals surface area contributed by atoms with Crippen molar-refractivity contribution in [3.63, 3.8) is 0 Å². The second-order valence-electron chi connectivity index (χ2n) is 6.77. The predicted octanol–water partition coefficient (Wildman–Crippen LogP) is 5.19. The molecular formula is C20H21BrClNO4S. The van der Waals surface area contributed by atoms with Gasteiger partial charge in [0.15, 0.2) is 5.75 Å². The van der Waals surface area contributed by atoms with E-state index < -0.39 is 16.0 Å². The molecule has 5 nitrogen and oxygen atoms in total. The minimum Gasteiger partial charge on any atom is -0.421 e. The summed E-state index contributed by atoms with van der Waals surface area (Å²) in [6.07, 6.45) is 3.84. The zero-order valence-electron chi connectivity index (χ0n) is 15.5. The molecule has 0 bridgehead atoms. The lowest BCUT2D eigenvalue weighted by Gasteiger charge is -2.20. The number of ether oxygens (including phenoxy) is 1. The Balaban J connectivity index is 1.78. The Kier molecular flexibility index (Phi) is 6.81. The number of hydrogen-bond donors (Lipinski definition) is 0. The fraction of sp³-hybridized carbons (Fsp3) is 0.350. The van der Waals surface area contributed by atoms with Crippen molar-refractivity contribution in [1.82, 2.24) is 4.31 Å². The van der Waals surface area contributed by atoms with Crippen LogP contribution in [-0.2, 0) is 10.0 Å². The molecule has 0 unspecified atom stereocenters. The van der Waals surface area contributed by atoms with Gasteiger partial charge in [-0.15, -0.1) is 0 Å². The molecule has 0 atom stereocenters. The minimum atomic E-state index is -3.55. The molecule has 0 saturated carbocycles. The number of nitrogens with zero attached hydrogens (tertiary/aromatic N) is 1. The molecule has 2 aromatic rings. The van der Waals surface area contributed by atoms with Gasteiger partial charge in [-0.3, -0.25) is 0 Å². The molecule has 1 saturated heterocycles. The first kappa shape index (κ1) is 21.3. The number of esters is 1. The standard InChI is InChI=1S/C20H21BrClNO4S/c1-14-12-16(21)13-18(22)19(14)27-20(24)15-6-8-17(9-7-15)28(25,26)23-10-4-2-3-5-11-23/h6-9,12-13H,2-5,10-11H2,1H3. The maximum absolute atomic E-state index is 12.8. The van der Waals surface area contributed by atoms with Crippen molar-refractivity contribution in [3.8, 4) is 5.75 Å². The molecule has 1 heterocycles. The molecule has 0 N–H and O–H groups in total. The summed E-state index contributed by atoms with van der Waals surface area (Å²) in [6.45, 7) is 2.86. The van der Waals surface area contributed by atoms with Gasteiger partial charge in [0.2, 0.25) is 10.0 Å². The molecule has 1 aliphatic rings. The number of carbonyl (C=O) groups is 1. The summed E-state index contributed by atoms with van der Waals surface area (Å²) in [5, 5.41) is 0.320. The normalized spacial score (nSPS) is 15.8. The molecule has 0 aliphatic carbocycles. The topological polar surface area (TPSA) is 63.7 Å². The smallest absolute Gasteiger partial charge is 0.343 e. The van der Waals surface area contributed by atoms with Crippen molar-refractivity contribution in [2.45, 2.75) is 37.5 Å². The first-order valence-electron chi connectivity index (χ1n) is 9.07. The molecule has 0 amide bonds. The van der Waals surface area contributed by atoms with Crippen molar-refractivity contribution in [2.75, 3.05) is 13.1 Å². The van der Waals surface area contributed by atoms with Crippen LogP contribution in [0.1, 0.15) is 41.6 Å².